The van der Waals surface area contributed by atoms with Gasteiger partial charge in [-0.2, -0.15) is 9.97 Å². The third-order valence-corrected chi connectivity index (χ3v) is 3.07. The molecule has 0 saturated heterocycles. The highest BCUT2D eigenvalue weighted by Gasteiger charge is 2.15. The molecule has 6 nitrogen and oxygen atoms in total. The van der Waals surface area contributed by atoms with Gasteiger partial charge in [0.05, 0.1) is 0 Å². The number of aromatic nitrogens is 2. The van der Waals surface area contributed by atoms with E-state index in [9.17, 15) is 4.79 Å². The van der Waals surface area contributed by atoms with E-state index in [1.165, 1.54) is 0 Å². The molecule has 124 valence electrons. The summed E-state index contributed by atoms with van der Waals surface area (Å²) in [6, 6.07) is 9.66. The highest BCUT2D eigenvalue weighted by atomic mass is 16.5. The van der Waals surface area contributed by atoms with Crippen molar-refractivity contribution in [2.45, 2.75) is 6.61 Å². The van der Waals surface area contributed by atoms with Crippen molar-refractivity contribution in [3.05, 3.63) is 66.8 Å². The van der Waals surface area contributed by atoms with Gasteiger partial charge in [-0.15, -0.1) is 13.2 Å². The van der Waals surface area contributed by atoms with Crippen molar-refractivity contribution in [2.75, 3.05) is 23.7 Å². The number of aldehydes is 1. The summed E-state index contributed by atoms with van der Waals surface area (Å²) in [6.45, 7) is 8.57. The Morgan fingerprint density at radius 3 is 2.42 bits per heavy atom. The zero-order valence-corrected chi connectivity index (χ0v) is 13.4. The molecule has 0 aliphatic carbocycles. The second-order valence-corrected chi connectivity index (χ2v) is 4.85. The smallest absolute Gasteiger partial charge is 0.231 e. The minimum absolute atomic E-state index is 0.224. The standard InChI is InChI=1S/C18H20N4O2/c1-3-10-19-16-15(12-23)17(22-18(21-16)20-11-4-2)24-13-14-8-6-5-7-9-14/h3-9,12H,1-2,10-11,13H2,(H2,19,20,21,22). The summed E-state index contributed by atoms with van der Waals surface area (Å²) in [6.07, 6.45) is 4.05. The predicted octanol–water partition coefficient (Wildman–Crippen LogP) is 3.06. The molecule has 1 aromatic carbocycles. The van der Waals surface area contributed by atoms with Crippen molar-refractivity contribution in [2.24, 2.45) is 0 Å². The van der Waals surface area contributed by atoms with E-state index in [0.29, 0.717) is 37.7 Å². The molecule has 0 atom stereocenters. The summed E-state index contributed by atoms with van der Waals surface area (Å²) in [4.78, 5) is 20.1. The topological polar surface area (TPSA) is 76.1 Å². The first-order chi connectivity index (χ1) is 11.8. The van der Waals surface area contributed by atoms with Crippen molar-refractivity contribution >= 4 is 18.1 Å². The van der Waals surface area contributed by atoms with Crippen LogP contribution in [0.1, 0.15) is 15.9 Å². The van der Waals surface area contributed by atoms with Crippen molar-refractivity contribution in [3.63, 3.8) is 0 Å². The lowest BCUT2D eigenvalue weighted by Gasteiger charge is -2.13. The number of hydrogen-bond donors (Lipinski definition) is 2. The molecule has 6 heteroatoms. The van der Waals surface area contributed by atoms with E-state index in [2.05, 4.69) is 33.8 Å². The van der Waals surface area contributed by atoms with Crippen LogP contribution in [0.5, 0.6) is 5.88 Å². The number of nitrogens with one attached hydrogen (secondary N) is 2. The molecule has 2 aromatic rings. The molecule has 0 bridgehead atoms. The van der Waals surface area contributed by atoms with Gasteiger partial charge in [-0.3, -0.25) is 4.79 Å². The van der Waals surface area contributed by atoms with Crippen LogP contribution >= 0.6 is 0 Å². The largest absolute Gasteiger partial charge is 0.472 e. The minimum Gasteiger partial charge on any atom is -0.472 e. The van der Waals surface area contributed by atoms with Gasteiger partial charge in [-0.25, -0.2) is 0 Å². The van der Waals surface area contributed by atoms with E-state index < -0.39 is 0 Å². The Bertz CT molecular complexity index is 702. The molecule has 2 N–H and O–H groups in total. The molecule has 1 aromatic heterocycles. The van der Waals surface area contributed by atoms with E-state index in [-0.39, 0.29) is 11.4 Å². The number of hydrogen-bond acceptors (Lipinski definition) is 6. The van der Waals surface area contributed by atoms with Crippen LogP contribution in [0.2, 0.25) is 0 Å². The first-order valence-electron chi connectivity index (χ1n) is 7.52. The molecule has 0 saturated carbocycles. The molecule has 0 spiro atoms. The van der Waals surface area contributed by atoms with Crippen LogP contribution in [0.4, 0.5) is 11.8 Å². The van der Waals surface area contributed by atoms with Crippen LogP contribution in [0, 0.1) is 0 Å². The maximum atomic E-state index is 11.5. The molecule has 0 radical (unpaired) electrons. The van der Waals surface area contributed by atoms with Gasteiger partial charge in [0.25, 0.3) is 0 Å². The molecule has 1 heterocycles. The zero-order valence-electron chi connectivity index (χ0n) is 13.4. The van der Waals surface area contributed by atoms with Crippen molar-refractivity contribution < 1.29 is 9.53 Å². The maximum absolute atomic E-state index is 11.5. The van der Waals surface area contributed by atoms with Gasteiger partial charge >= 0.3 is 0 Å². The lowest BCUT2D eigenvalue weighted by Crippen LogP contribution is -2.12. The molecular formula is C18H20N4O2. The number of anilines is 2. The van der Waals surface area contributed by atoms with Gasteiger partial charge in [-0.05, 0) is 5.56 Å². The molecule has 0 fully saturated rings. The molecule has 0 aliphatic heterocycles. The average Bonchev–Trinajstić information content (AvgIpc) is 2.63. The summed E-state index contributed by atoms with van der Waals surface area (Å²) < 4.78 is 5.74. The number of rotatable bonds is 10. The second-order valence-electron chi connectivity index (χ2n) is 4.85. The van der Waals surface area contributed by atoms with E-state index in [0.717, 1.165) is 5.56 Å². The number of ether oxygens (including phenoxy) is 1. The Balaban J connectivity index is 2.28. The maximum Gasteiger partial charge on any atom is 0.231 e. The Morgan fingerprint density at radius 1 is 1.04 bits per heavy atom. The van der Waals surface area contributed by atoms with Gasteiger partial charge in [0.15, 0.2) is 6.29 Å². The number of carbonyl (C=O) groups is 1. The van der Waals surface area contributed by atoms with Crippen LogP contribution in [0.15, 0.2) is 55.6 Å². The Hall–Kier alpha value is -3.15. The Labute approximate surface area is 141 Å². The highest BCUT2D eigenvalue weighted by Crippen LogP contribution is 2.24. The predicted molar refractivity (Wildman–Crippen MR) is 95.6 cm³/mol. The monoisotopic (exact) mass is 324 g/mol. The van der Waals surface area contributed by atoms with Crippen LogP contribution < -0.4 is 15.4 Å². The summed E-state index contributed by atoms with van der Waals surface area (Å²) in [5.74, 6) is 0.978. The van der Waals surface area contributed by atoms with E-state index >= 15 is 0 Å². The third-order valence-electron chi connectivity index (χ3n) is 3.07. The zero-order chi connectivity index (χ0) is 17.2. The van der Waals surface area contributed by atoms with Crippen LogP contribution in [-0.4, -0.2) is 29.3 Å². The molecular weight excluding hydrogens is 304 g/mol. The SMILES string of the molecule is C=CCNc1nc(NCC=C)c(C=O)c(OCc2ccccc2)n1. The number of nitrogens with zero attached hydrogens (tertiary/aromatic N) is 2. The molecule has 0 amide bonds. The van der Waals surface area contributed by atoms with Crippen molar-refractivity contribution in [1.29, 1.82) is 0 Å². The molecule has 24 heavy (non-hydrogen) atoms. The van der Waals surface area contributed by atoms with Gasteiger partial charge in [0.2, 0.25) is 11.8 Å². The van der Waals surface area contributed by atoms with Crippen LogP contribution in [-0.2, 0) is 6.61 Å². The lowest BCUT2D eigenvalue weighted by molar-refractivity contribution is 0.111. The fourth-order valence-electron chi connectivity index (χ4n) is 1.94. The first kappa shape index (κ1) is 17.2. The van der Waals surface area contributed by atoms with Crippen LogP contribution in [0.3, 0.4) is 0 Å². The van der Waals surface area contributed by atoms with Gasteiger partial charge in [-0.1, -0.05) is 42.5 Å². The quantitative estimate of drug-likeness (QED) is 0.517. The molecule has 0 unspecified atom stereocenters. The van der Waals surface area contributed by atoms with Crippen molar-refractivity contribution in [1.82, 2.24) is 9.97 Å². The summed E-state index contributed by atoms with van der Waals surface area (Å²) >= 11 is 0. The number of benzene rings is 1. The Kier molecular flexibility index (Phi) is 6.52. The first-order valence-corrected chi connectivity index (χ1v) is 7.52. The normalized spacial score (nSPS) is 9.83. The number of carbonyl (C=O) groups excluding carboxylic acids is 1. The van der Waals surface area contributed by atoms with E-state index in [1.807, 2.05) is 30.3 Å². The van der Waals surface area contributed by atoms with E-state index in [1.54, 1.807) is 12.2 Å². The fourth-order valence-corrected chi connectivity index (χ4v) is 1.94. The van der Waals surface area contributed by atoms with Crippen molar-refractivity contribution in [3.8, 4) is 5.88 Å². The summed E-state index contributed by atoms with van der Waals surface area (Å²) in [7, 11) is 0. The van der Waals surface area contributed by atoms with Gasteiger partial charge in [0.1, 0.15) is 18.0 Å². The Morgan fingerprint density at radius 2 is 1.75 bits per heavy atom. The minimum atomic E-state index is 0.224. The summed E-state index contributed by atoms with van der Waals surface area (Å²) in [5, 5.41) is 6.02. The molecule has 2 rings (SSSR count). The van der Waals surface area contributed by atoms with E-state index in [4.69, 9.17) is 4.74 Å². The highest BCUT2D eigenvalue weighted by molar-refractivity contribution is 5.86. The van der Waals surface area contributed by atoms with Gasteiger partial charge < -0.3 is 15.4 Å². The lowest BCUT2D eigenvalue weighted by atomic mass is 10.2. The third kappa shape index (κ3) is 4.67. The fraction of sp³-hybridized carbons (Fsp3) is 0.167. The average molecular weight is 324 g/mol. The second kappa shape index (κ2) is 9.09. The van der Waals surface area contributed by atoms with Gasteiger partial charge in [0, 0.05) is 13.1 Å². The molecule has 0 aliphatic rings. The van der Waals surface area contributed by atoms with Crippen LogP contribution in [0.25, 0.3) is 0 Å². The summed E-state index contributed by atoms with van der Waals surface area (Å²) in [5.41, 5.74) is 1.26.